The number of carbonyl (C=O) groups is 4. The van der Waals surface area contributed by atoms with E-state index in [1.54, 1.807) is 25.3 Å². The smallest absolute Gasteiger partial charge is 0.326 e. The van der Waals surface area contributed by atoms with Crippen molar-refractivity contribution in [2.24, 2.45) is 28.1 Å². The van der Waals surface area contributed by atoms with E-state index in [-0.39, 0.29) is 43.4 Å². The van der Waals surface area contributed by atoms with E-state index in [9.17, 15) is 29.4 Å². The number of hydrogen-bond acceptors (Lipinski definition) is 7. The Morgan fingerprint density at radius 3 is 2.24 bits per heavy atom. The van der Waals surface area contributed by atoms with Gasteiger partial charge in [-0.3, -0.25) is 19.4 Å². The molecule has 0 bridgehead atoms. The Hall–Kier alpha value is -5.11. The van der Waals surface area contributed by atoms with E-state index in [1.165, 1.54) is 12.1 Å². The highest BCUT2D eigenvalue weighted by molar-refractivity contribution is 5.94. The minimum Gasteiger partial charge on any atom is -0.508 e. The van der Waals surface area contributed by atoms with E-state index in [2.05, 4.69) is 25.9 Å². The van der Waals surface area contributed by atoms with Crippen molar-refractivity contribution in [2.45, 2.75) is 70.1 Å². The lowest BCUT2D eigenvalue weighted by atomic mass is 9.96. The van der Waals surface area contributed by atoms with Gasteiger partial charge in [0.2, 0.25) is 17.7 Å². The number of carboxylic acid groups (broad SMARTS) is 1. The normalized spacial score (nSPS) is 14.3. The molecule has 3 aromatic rings. The van der Waals surface area contributed by atoms with Gasteiger partial charge in [-0.05, 0) is 54.5 Å². The Morgan fingerprint density at radius 1 is 0.913 bits per heavy atom. The lowest BCUT2D eigenvalue weighted by Gasteiger charge is -2.28. The number of aromatic nitrogens is 1. The Labute approximate surface area is 267 Å². The van der Waals surface area contributed by atoms with Crippen LogP contribution in [0, 0.1) is 5.92 Å². The summed E-state index contributed by atoms with van der Waals surface area (Å²) < 4.78 is 0. The number of phenolic OH excluding ortho intramolecular Hbond substituents is 1. The maximum atomic E-state index is 13.6. The van der Waals surface area contributed by atoms with Crippen molar-refractivity contribution in [3.63, 3.8) is 0 Å². The van der Waals surface area contributed by atoms with Crippen LogP contribution in [-0.4, -0.2) is 75.6 Å². The molecule has 3 amide bonds. The van der Waals surface area contributed by atoms with Gasteiger partial charge in [-0.15, -0.1) is 0 Å². The molecule has 14 heteroatoms. The first kappa shape index (κ1) is 35.4. The lowest BCUT2D eigenvalue weighted by Crippen LogP contribution is -2.59. The molecule has 5 atom stereocenters. The van der Waals surface area contributed by atoms with Gasteiger partial charge < -0.3 is 48.3 Å². The zero-order valence-electron chi connectivity index (χ0n) is 26.0. The number of aliphatic imine (C=N–C) groups is 1. The maximum Gasteiger partial charge on any atom is 0.326 e. The number of H-pyrrole nitrogens is 1. The molecular formula is C32H44N8O6. The summed E-state index contributed by atoms with van der Waals surface area (Å²) in [6, 6.07) is 9.12. The molecule has 0 radical (unpaired) electrons. The highest BCUT2D eigenvalue weighted by Gasteiger charge is 2.32. The number of fused-ring (bicyclic) bond motifs is 1. The Balaban J connectivity index is 1.74. The second-order valence-electron chi connectivity index (χ2n) is 11.3. The second kappa shape index (κ2) is 16.8. The van der Waals surface area contributed by atoms with E-state index in [0.717, 1.165) is 16.5 Å². The van der Waals surface area contributed by atoms with Crippen LogP contribution in [0.2, 0.25) is 0 Å². The number of carbonyl (C=O) groups excluding carboxylic acids is 3. The summed E-state index contributed by atoms with van der Waals surface area (Å²) in [5.41, 5.74) is 19.4. The number of benzene rings is 2. The Morgan fingerprint density at radius 2 is 1.59 bits per heavy atom. The van der Waals surface area contributed by atoms with Crippen LogP contribution < -0.4 is 33.2 Å². The van der Waals surface area contributed by atoms with Gasteiger partial charge in [0, 0.05) is 30.1 Å². The first-order valence-corrected chi connectivity index (χ1v) is 15.2. The molecule has 14 nitrogen and oxygen atoms in total. The van der Waals surface area contributed by atoms with Crippen LogP contribution >= 0.6 is 0 Å². The largest absolute Gasteiger partial charge is 0.508 e. The van der Waals surface area contributed by atoms with Gasteiger partial charge in [0.15, 0.2) is 5.96 Å². The second-order valence-corrected chi connectivity index (χ2v) is 11.3. The van der Waals surface area contributed by atoms with Gasteiger partial charge in [0.1, 0.15) is 23.9 Å². The van der Waals surface area contributed by atoms with Crippen LogP contribution in [-0.2, 0) is 32.0 Å². The van der Waals surface area contributed by atoms with Crippen molar-refractivity contribution in [1.29, 1.82) is 0 Å². The topological polar surface area (TPSA) is 251 Å². The quantitative estimate of drug-likeness (QED) is 0.0571. The van der Waals surface area contributed by atoms with Crippen LogP contribution in [0.4, 0.5) is 0 Å². The number of amides is 3. The molecule has 0 saturated heterocycles. The molecule has 0 saturated carbocycles. The molecule has 0 aliphatic heterocycles. The van der Waals surface area contributed by atoms with Crippen LogP contribution in [0.15, 0.2) is 59.7 Å². The first-order valence-electron chi connectivity index (χ1n) is 15.2. The Kier molecular flexibility index (Phi) is 12.9. The fraction of sp³-hybridized carbons (Fsp3) is 0.406. The third kappa shape index (κ3) is 10.2. The van der Waals surface area contributed by atoms with Crippen molar-refractivity contribution in [3.8, 4) is 5.75 Å². The van der Waals surface area contributed by atoms with Gasteiger partial charge >= 0.3 is 5.97 Å². The molecular weight excluding hydrogens is 592 g/mol. The zero-order valence-corrected chi connectivity index (χ0v) is 26.0. The van der Waals surface area contributed by atoms with Gasteiger partial charge in [0.25, 0.3) is 0 Å². The number of phenols is 1. The van der Waals surface area contributed by atoms with E-state index < -0.39 is 47.9 Å². The van der Waals surface area contributed by atoms with Crippen molar-refractivity contribution >= 4 is 40.6 Å². The number of rotatable bonds is 17. The third-order valence-electron chi connectivity index (χ3n) is 7.81. The molecule has 1 aromatic heterocycles. The molecule has 46 heavy (non-hydrogen) atoms. The van der Waals surface area contributed by atoms with Crippen LogP contribution in [0.3, 0.4) is 0 Å². The van der Waals surface area contributed by atoms with Crippen molar-refractivity contribution in [2.75, 3.05) is 6.54 Å². The predicted octanol–water partition coefficient (Wildman–Crippen LogP) is 0.625. The number of guanidine groups is 1. The van der Waals surface area contributed by atoms with Crippen molar-refractivity contribution < 1.29 is 29.4 Å². The minimum atomic E-state index is -1.32. The summed E-state index contributed by atoms with van der Waals surface area (Å²) >= 11 is 0. The number of aromatic amines is 1. The van der Waals surface area contributed by atoms with E-state index in [1.807, 2.05) is 31.2 Å². The summed E-state index contributed by atoms with van der Waals surface area (Å²) in [6.07, 6.45) is 2.89. The monoisotopic (exact) mass is 636 g/mol. The molecule has 248 valence electrons. The van der Waals surface area contributed by atoms with Gasteiger partial charge in [-0.25, -0.2) is 4.79 Å². The molecule has 0 spiro atoms. The number of aromatic hydroxyl groups is 1. The van der Waals surface area contributed by atoms with Crippen molar-refractivity contribution in [1.82, 2.24) is 20.9 Å². The summed E-state index contributed by atoms with van der Waals surface area (Å²) in [5, 5.41) is 28.3. The number of nitrogens with one attached hydrogen (secondary N) is 4. The van der Waals surface area contributed by atoms with Crippen LogP contribution in [0.5, 0.6) is 5.75 Å². The molecule has 12 N–H and O–H groups in total. The summed E-state index contributed by atoms with van der Waals surface area (Å²) in [5.74, 6) is -3.58. The highest BCUT2D eigenvalue weighted by Crippen LogP contribution is 2.19. The number of para-hydroxylation sites is 1. The average Bonchev–Trinajstić information content (AvgIpc) is 3.43. The molecule has 2 aromatic carbocycles. The molecule has 5 unspecified atom stereocenters. The third-order valence-corrected chi connectivity index (χ3v) is 7.81. The average molecular weight is 637 g/mol. The summed E-state index contributed by atoms with van der Waals surface area (Å²) in [6.45, 7) is 3.83. The first-order chi connectivity index (χ1) is 21.9. The maximum absolute atomic E-state index is 13.6. The number of nitrogens with zero attached hydrogens (tertiary/aromatic N) is 1. The van der Waals surface area contributed by atoms with E-state index >= 15 is 0 Å². The predicted molar refractivity (Wildman–Crippen MR) is 175 cm³/mol. The van der Waals surface area contributed by atoms with E-state index in [4.69, 9.17) is 17.2 Å². The molecule has 0 fully saturated rings. The van der Waals surface area contributed by atoms with Gasteiger partial charge in [-0.2, -0.15) is 0 Å². The minimum absolute atomic E-state index is 0.0186. The molecule has 1 heterocycles. The summed E-state index contributed by atoms with van der Waals surface area (Å²) in [7, 11) is 0. The number of aliphatic carboxylic acids is 1. The van der Waals surface area contributed by atoms with Gasteiger partial charge in [-0.1, -0.05) is 50.6 Å². The standard InChI is InChI=1S/C32H44N8O6/c1-3-18(2)27(40-28(42)23(33)16-20-17-37-24-8-5-4-7-22(20)24)30(44)38-25(9-6-14-36-32(34)35)29(43)39-26(31(45)46)15-19-10-12-21(41)13-11-19/h4-5,7-8,10-13,17-18,23,25-27,37,41H,3,6,9,14-16,33H2,1-2H3,(H,38,44)(H,39,43)(H,40,42)(H,45,46)(H4,34,35,36). The molecule has 0 aliphatic carbocycles. The SMILES string of the molecule is CCC(C)C(NC(=O)C(N)Cc1c[nH]c2ccccc12)C(=O)NC(CCCN=C(N)N)C(=O)NC(Cc1ccc(O)cc1)C(=O)O. The molecule has 0 aliphatic rings. The van der Waals surface area contributed by atoms with Crippen LogP contribution in [0.1, 0.15) is 44.2 Å². The summed E-state index contributed by atoms with van der Waals surface area (Å²) in [4.78, 5) is 59.4. The number of hydrogen-bond donors (Lipinski definition) is 9. The fourth-order valence-electron chi connectivity index (χ4n) is 4.97. The zero-order chi connectivity index (χ0) is 33.8. The highest BCUT2D eigenvalue weighted by atomic mass is 16.4. The van der Waals surface area contributed by atoms with Gasteiger partial charge in [0.05, 0.1) is 6.04 Å². The number of carboxylic acids is 1. The fourth-order valence-corrected chi connectivity index (χ4v) is 4.97. The van der Waals surface area contributed by atoms with Crippen molar-refractivity contribution in [3.05, 3.63) is 65.9 Å². The van der Waals surface area contributed by atoms with Crippen LogP contribution in [0.25, 0.3) is 10.9 Å². The lowest BCUT2D eigenvalue weighted by molar-refractivity contribution is -0.142. The Bertz CT molecular complexity index is 1520. The molecule has 3 rings (SSSR count). The van der Waals surface area contributed by atoms with E-state index in [0.29, 0.717) is 18.4 Å². The number of nitrogens with two attached hydrogens (primary N) is 3.